The fraction of sp³-hybridized carbons (Fsp3) is 0.0526. The van der Waals surface area contributed by atoms with Crippen LogP contribution in [0.3, 0.4) is 0 Å². The standard InChI is InChI=1S/C38H31N3O5/c39-31-18-8-9-19-33(31)40-36(43)24-23-35(45-26-13-2-1-3-14-26)37(30-21-22-34(42)29-17-7-6-16-28(29)30)46-38(44)41-32-20-10-12-25-11-4-5-15-27(25)32/h1-24,35,37,42H,39H2,(H,40,43)(H,41,44)/b24-23+/t35-,37-/m1/s1. The Morgan fingerprint density at radius 3 is 2.13 bits per heavy atom. The highest BCUT2D eigenvalue weighted by Crippen LogP contribution is 2.36. The number of hydrogen-bond acceptors (Lipinski definition) is 6. The first-order chi connectivity index (χ1) is 22.5. The minimum absolute atomic E-state index is 0.0780. The number of anilines is 3. The van der Waals surface area contributed by atoms with Gasteiger partial charge in [-0.1, -0.05) is 97.1 Å². The maximum Gasteiger partial charge on any atom is 0.412 e. The number of fused-ring (bicyclic) bond motifs is 2. The largest absolute Gasteiger partial charge is 0.507 e. The first-order valence-corrected chi connectivity index (χ1v) is 14.7. The van der Waals surface area contributed by atoms with Gasteiger partial charge in [-0.25, -0.2) is 4.79 Å². The first kappa shape index (κ1) is 29.8. The Morgan fingerprint density at radius 2 is 1.33 bits per heavy atom. The summed E-state index contributed by atoms with van der Waals surface area (Å²) in [5.74, 6) is 0.124. The van der Waals surface area contributed by atoms with Crippen molar-refractivity contribution in [1.82, 2.24) is 0 Å². The van der Waals surface area contributed by atoms with Gasteiger partial charge in [-0.05, 0) is 53.2 Å². The summed E-state index contributed by atoms with van der Waals surface area (Å²) in [6.45, 7) is 0. The molecular weight excluding hydrogens is 578 g/mol. The zero-order valence-corrected chi connectivity index (χ0v) is 24.7. The molecule has 2 atom stereocenters. The Labute approximate surface area is 265 Å². The lowest BCUT2D eigenvalue weighted by Crippen LogP contribution is -2.30. The number of phenols is 1. The zero-order valence-electron chi connectivity index (χ0n) is 24.7. The Balaban J connectivity index is 1.39. The van der Waals surface area contributed by atoms with Gasteiger partial charge in [0.2, 0.25) is 5.91 Å². The molecule has 6 aromatic carbocycles. The smallest absolute Gasteiger partial charge is 0.412 e. The maximum absolute atomic E-state index is 13.7. The summed E-state index contributed by atoms with van der Waals surface area (Å²) < 4.78 is 12.6. The van der Waals surface area contributed by atoms with Crippen LogP contribution in [0.1, 0.15) is 11.7 Å². The lowest BCUT2D eigenvalue weighted by molar-refractivity contribution is -0.112. The van der Waals surface area contributed by atoms with Crippen LogP contribution in [0.15, 0.2) is 146 Å². The maximum atomic E-state index is 13.7. The highest BCUT2D eigenvalue weighted by atomic mass is 16.6. The van der Waals surface area contributed by atoms with E-state index in [1.807, 2.05) is 72.8 Å². The minimum atomic E-state index is -1.06. The van der Waals surface area contributed by atoms with Crippen LogP contribution in [0.2, 0.25) is 0 Å². The van der Waals surface area contributed by atoms with Gasteiger partial charge >= 0.3 is 6.09 Å². The molecule has 0 fully saturated rings. The fourth-order valence-corrected chi connectivity index (χ4v) is 5.28. The number of para-hydroxylation sites is 3. The average molecular weight is 610 g/mol. The number of carbonyl (C=O) groups is 2. The van der Waals surface area contributed by atoms with Crippen molar-refractivity contribution in [3.8, 4) is 11.5 Å². The molecule has 0 aliphatic heterocycles. The molecule has 8 nitrogen and oxygen atoms in total. The van der Waals surface area contributed by atoms with Crippen molar-refractivity contribution >= 4 is 50.6 Å². The number of carbonyl (C=O) groups excluding carboxylic acids is 2. The Hall–Kier alpha value is -6.28. The third-order valence-electron chi connectivity index (χ3n) is 7.47. The van der Waals surface area contributed by atoms with Crippen LogP contribution in [0.5, 0.6) is 11.5 Å². The van der Waals surface area contributed by atoms with E-state index in [2.05, 4.69) is 10.6 Å². The van der Waals surface area contributed by atoms with Crippen LogP contribution in [0, 0.1) is 0 Å². The lowest BCUT2D eigenvalue weighted by Gasteiger charge is -2.27. The summed E-state index contributed by atoms with van der Waals surface area (Å²) in [6.07, 6.45) is 0.0923. The van der Waals surface area contributed by atoms with Crippen LogP contribution in [0.25, 0.3) is 21.5 Å². The van der Waals surface area contributed by atoms with Gasteiger partial charge in [-0.15, -0.1) is 0 Å². The second-order valence-corrected chi connectivity index (χ2v) is 10.5. The van der Waals surface area contributed by atoms with Crippen molar-refractivity contribution in [2.24, 2.45) is 0 Å². The number of rotatable bonds is 9. The van der Waals surface area contributed by atoms with Gasteiger partial charge < -0.3 is 25.6 Å². The van der Waals surface area contributed by atoms with E-state index in [0.717, 1.165) is 10.8 Å². The summed E-state index contributed by atoms with van der Waals surface area (Å²) in [4.78, 5) is 26.7. The molecule has 0 radical (unpaired) electrons. The van der Waals surface area contributed by atoms with E-state index in [1.54, 1.807) is 66.7 Å². The molecule has 0 aromatic heterocycles. The second kappa shape index (κ2) is 13.6. The van der Waals surface area contributed by atoms with Gasteiger partial charge in [-0.3, -0.25) is 10.1 Å². The number of phenolic OH excluding ortho intramolecular Hbond substituents is 1. The van der Waals surface area contributed by atoms with Gasteiger partial charge in [0.25, 0.3) is 0 Å². The van der Waals surface area contributed by atoms with Crippen molar-refractivity contribution in [1.29, 1.82) is 0 Å². The predicted molar refractivity (Wildman–Crippen MR) is 182 cm³/mol. The van der Waals surface area contributed by atoms with Crippen LogP contribution in [0.4, 0.5) is 21.9 Å². The topological polar surface area (TPSA) is 123 Å². The Kier molecular flexibility index (Phi) is 8.78. The number of nitrogens with two attached hydrogens (primary N) is 1. The van der Waals surface area contributed by atoms with Gasteiger partial charge in [0.05, 0.1) is 17.1 Å². The fourth-order valence-electron chi connectivity index (χ4n) is 5.28. The molecule has 6 rings (SSSR count). The molecule has 228 valence electrons. The van der Waals surface area contributed by atoms with Crippen LogP contribution in [-0.2, 0) is 9.53 Å². The molecular formula is C38H31N3O5. The third-order valence-corrected chi connectivity index (χ3v) is 7.47. The number of hydrogen-bond donors (Lipinski definition) is 4. The average Bonchev–Trinajstić information content (AvgIpc) is 3.08. The van der Waals surface area contributed by atoms with Crippen molar-refractivity contribution < 1.29 is 24.2 Å². The molecule has 2 amide bonds. The van der Waals surface area contributed by atoms with Crippen molar-refractivity contribution in [3.63, 3.8) is 0 Å². The quantitative estimate of drug-likeness (QED) is 0.0968. The molecule has 0 spiro atoms. The van der Waals surface area contributed by atoms with E-state index in [4.69, 9.17) is 15.2 Å². The minimum Gasteiger partial charge on any atom is -0.507 e. The Bertz CT molecular complexity index is 2040. The summed E-state index contributed by atoms with van der Waals surface area (Å²) in [5.41, 5.74) is 8.05. The van der Waals surface area contributed by atoms with Crippen LogP contribution < -0.4 is 21.1 Å². The van der Waals surface area contributed by atoms with E-state index >= 15 is 0 Å². The molecule has 46 heavy (non-hydrogen) atoms. The van der Waals surface area contributed by atoms with Crippen LogP contribution in [-0.4, -0.2) is 23.2 Å². The molecule has 0 saturated heterocycles. The zero-order chi connectivity index (χ0) is 31.9. The van der Waals surface area contributed by atoms with Gasteiger partial charge in [0.1, 0.15) is 11.5 Å². The first-order valence-electron chi connectivity index (χ1n) is 14.7. The lowest BCUT2D eigenvalue weighted by atomic mass is 9.96. The Morgan fingerprint density at radius 1 is 0.674 bits per heavy atom. The molecule has 0 heterocycles. The van der Waals surface area contributed by atoms with Gasteiger partial charge in [-0.2, -0.15) is 0 Å². The van der Waals surface area contributed by atoms with E-state index < -0.39 is 24.2 Å². The number of nitrogen functional groups attached to an aromatic ring is 1. The van der Waals surface area contributed by atoms with Gasteiger partial charge in [0.15, 0.2) is 12.2 Å². The van der Waals surface area contributed by atoms with E-state index in [1.165, 1.54) is 6.08 Å². The predicted octanol–water partition coefficient (Wildman–Crippen LogP) is 8.21. The van der Waals surface area contributed by atoms with E-state index in [-0.39, 0.29) is 5.75 Å². The summed E-state index contributed by atoms with van der Waals surface area (Å²) in [6, 6.07) is 39.8. The highest BCUT2D eigenvalue weighted by Gasteiger charge is 2.30. The molecule has 0 aliphatic carbocycles. The number of nitrogens with one attached hydrogen (secondary N) is 2. The molecule has 0 aliphatic rings. The molecule has 0 saturated carbocycles. The highest BCUT2D eigenvalue weighted by molar-refractivity contribution is 6.02. The number of amides is 2. The van der Waals surface area contributed by atoms with Crippen molar-refractivity contribution in [2.45, 2.75) is 12.2 Å². The SMILES string of the molecule is Nc1ccccc1NC(=O)/C=C/[C@@H](Oc1ccccc1)[C@H](OC(=O)Nc1cccc2ccccc12)c1ccc(O)c2ccccc12. The molecule has 0 unspecified atom stereocenters. The summed E-state index contributed by atoms with van der Waals surface area (Å²) >= 11 is 0. The normalized spacial score (nSPS) is 12.4. The molecule has 5 N–H and O–H groups in total. The summed E-state index contributed by atoms with van der Waals surface area (Å²) in [7, 11) is 0. The van der Waals surface area contributed by atoms with E-state index in [0.29, 0.717) is 39.1 Å². The monoisotopic (exact) mass is 609 g/mol. The number of ether oxygens (including phenoxy) is 2. The second-order valence-electron chi connectivity index (χ2n) is 10.5. The number of benzene rings is 6. The van der Waals surface area contributed by atoms with Crippen molar-refractivity contribution in [2.75, 3.05) is 16.4 Å². The number of aromatic hydroxyl groups is 1. The van der Waals surface area contributed by atoms with Gasteiger partial charge in [0, 0.05) is 22.4 Å². The third kappa shape index (κ3) is 6.76. The van der Waals surface area contributed by atoms with E-state index in [9.17, 15) is 14.7 Å². The van der Waals surface area contributed by atoms with Crippen LogP contribution >= 0.6 is 0 Å². The van der Waals surface area contributed by atoms with Crippen molar-refractivity contribution in [3.05, 3.63) is 151 Å². The molecule has 0 bridgehead atoms. The summed E-state index contributed by atoms with van der Waals surface area (Å²) in [5, 5.41) is 19.3. The molecule has 8 heteroatoms. The molecule has 6 aromatic rings.